The second-order valence-electron chi connectivity index (χ2n) is 4.58. The van der Waals surface area contributed by atoms with Crippen molar-refractivity contribution in [2.24, 2.45) is 0 Å². The first-order chi connectivity index (χ1) is 9.83. The fraction of sp³-hybridized carbons (Fsp3) is 0.188. The van der Waals surface area contributed by atoms with Crippen molar-refractivity contribution in [2.45, 2.75) is 6.42 Å². The van der Waals surface area contributed by atoms with E-state index in [2.05, 4.69) is 11.4 Å². The Bertz CT molecular complexity index is 632. The van der Waals surface area contributed by atoms with Gasteiger partial charge in [-0.1, -0.05) is 24.3 Å². The zero-order valence-electron chi connectivity index (χ0n) is 11.0. The zero-order chi connectivity index (χ0) is 13.8. The molecule has 20 heavy (non-hydrogen) atoms. The first-order valence-electron chi connectivity index (χ1n) is 6.56. The van der Waals surface area contributed by atoms with Gasteiger partial charge in [0.05, 0.1) is 5.57 Å². The number of carbonyl (C=O) groups is 1. The van der Waals surface area contributed by atoms with Crippen molar-refractivity contribution in [2.75, 3.05) is 13.2 Å². The van der Waals surface area contributed by atoms with Crippen LogP contribution in [0.4, 0.5) is 0 Å². The third-order valence-corrected chi connectivity index (χ3v) is 4.10. The summed E-state index contributed by atoms with van der Waals surface area (Å²) in [5.74, 6) is 0.790. The molecule has 0 bridgehead atoms. The average Bonchev–Trinajstić information content (AvgIpc) is 3.00. The molecule has 1 aliphatic rings. The summed E-state index contributed by atoms with van der Waals surface area (Å²) in [6, 6.07) is 11.8. The minimum Gasteiger partial charge on any atom is -0.488 e. The molecule has 2 aromatic rings. The molecule has 1 aromatic heterocycles. The molecule has 1 aliphatic heterocycles. The summed E-state index contributed by atoms with van der Waals surface area (Å²) < 4.78 is 5.58. The second-order valence-corrected chi connectivity index (χ2v) is 5.61. The Balaban J connectivity index is 1.59. The van der Waals surface area contributed by atoms with E-state index < -0.39 is 0 Å². The molecular weight excluding hydrogens is 270 g/mol. The number of rotatable bonds is 4. The van der Waals surface area contributed by atoms with Gasteiger partial charge in [0.1, 0.15) is 12.4 Å². The predicted molar refractivity (Wildman–Crippen MR) is 80.9 cm³/mol. The van der Waals surface area contributed by atoms with Gasteiger partial charge in [0.25, 0.3) is 5.91 Å². The molecular formula is C16H15NO2S. The van der Waals surface area contributed by atoms with E-state index in [-0.39, 0.29) is 5.91 Å². The number of amides is 1. The maximum absolute atomic E-state index is 12.1. The van der Waals surface area contributed by atoms with E-state index in [0.29, 0.717) is 18.7 Å². The molecule has 0 unspecified atom stereocenters. The van der Waals surface area contributed by atoms with Crippen LogP contribution in [0.15, 0.2) is 47.4 Å². The molecule has 2 heterocycles. The van der Waals surface area contributed by atoms with Gasteiger partial charge in [-0.15, -0.1) is 11.3 Å². The molecule has 4 heteroatoms. The van der Waals surface area contributed by atoms with E-state index in [1.165, 1.54) is 4.88 Å². The van der Waals surface area contributed by atoms with Crippen LogP contribution in [0.5, 0.6) is 5.75 Å². The second kappa shape index (κ2) is 5.92. The van der Waals surface area contributed by atoms with Gasteiger partial charge < -0.3 is 10.1 Å². The summed E-state index contributed by atoms with van der Waals surface area (Å²) >= 11 is 1.71. The normalized spacial score (nSPS) is 13.1. The van der Waals surface area contributed by atoms with Gasteiger partial charge in [-0.05, 0) is 30.0 Å². The largest absolute Gasteiger partial charge is 0.488 e. The fourth-order valence-electron chi connectivity index (χ4n) is 2.11. The maximum Gasteiger partial charge on any atom is 0.250 e. The Morgan fingerprint density at radius 2 is 2.15 bits per heavy atom. The number of hydrogen-bond donors (Lipinski definition) is 1. The first-order valence-corrected chi connectivity index (χ1v) is 7.44. The highest BCUT2D eigenvalue weighted by Crippen LogP contribution is 2.25. The molecule has 1 aromatic carbocycles. The maximum atomic E-state index is 12.1. The van der Waals surface area contributed by atoms with Crippen LogP contribution in [-0.2, 0) is 11.2 Å². The van der Waals surface area contributed by atoms with E-state index in [9.17, 15) is 4.79 Å². The van der Waals surface area contributed by atoms with Gasteiger partial charge >= 0.3 is 0 Å². The Kier molecular flexibility index (Phi) is 3.83. The van der Waals surface area contributed by atoms with E-state index in [4.69, 9.17) is 4.74 Å². The van der Waals surface area contributed by atoms with E-state index >= 15 is 0 Å². The summed E-state index contributed by atoms with van der Waals surface area (Å²) in [6.45, 7) is 0.986. The molecule has 0 saturated heterocycles. The summed E-state index contributed by atoms with van der Waals surface area (Å²) in [5.41, 5.74) is 1.64. The number of para-hydroxylation sites is 1. The number of carbonyl (C=O) groups excluding carboxylic acids is 1. The molecule has 1 amide bonds. The van der Waals surface area contributed by atoms with Crippen molar-refractivity contribution in [3.63, 3.8) is 0 Å². The van der Waals surface area contributed by atoms with Crippen molar-refractivity contribution < 1.29 is 9.53 Å². The number of fused-ring (bicyclic) bond motifs is 1. The standard InChI is InChI=1S/C16H15NO2S/c18-16(17-8-7-14-5-3-9-20-14)13-10-12-4-1-2-6-15(12)19-11-13/h1-6,9-10H,7-8,11H2,(H,17,18). The smallest absolute Gasteiger partial charge is 0.250 e. The zero-order valence-corrected chi connectivity index (χ0v) is 11.8. The van der Waals surface area contributed by atoms with Crippen molar-refractivity contribution in [1.29, 1.82) is 0 Å². The molecule has 3 nitrogen and oxygen atoms in total. The molecule has 0 saturated carbocycles. The van der Waals surface area contributed by atoms with Crippen LogP contribution < -0.4 is 10.1 Å². The lowest BCUT2D eigenvalue weighted by atomic mass is 10.1. The van der Waals surface area contributed by atoms with Crippen molar-refractivity contribution >= 4 is 23.3 Å². The van der Waals surface area contributed by atoms with Gasteiger partial charge in [0, 0.05) is 17.0 Å². The Labute approximate surface area is 121 Å². The van der Waals surface area contributed by atoms with Gasteiger partial charge in [0.15, 0.2) is 0 Å². The lowest BCUT2D eigenvalue weighted by Gasteiger charge is -2.17. The average molecular weight is 285 g/mol. The monoisotopic (exact) mass is 285 g/mol. The van der Waals surface area contributed by atoms with Crippen molar-refractivity contribution in [3.05, 3.63) is 57.8 Å². The Hall–Kier alpha value is -2.07. The van der Waals surface area contributed by atoms with E-state index in [1.807, 2.05) is 41.8 Å². The van der Waals surface area contributed by atoms with Gasteiger partial charge in [0.2, 0.25) is 0 Å². The number of benzene rings is 1. The number of ether oxygens (including phenoxy) is 1. The molecule has 0 spiro atoms. The minimum absolute atomic E-state index is 0.0453. The minimum atomic E-state index is -0.0453. The summed E-state index contributed by atoms with van der Waals surface area (Å²) in [6.07, 6.45) is 2.77. The number of thiophene rings is 1. The summed E-state index contributed by atoms with van der Waals surface area (Å²) in [5, 5.41) is 4.99. The Morgan fingerprint density at radius 1 is 1.25 bits per heavy atom. The SMILES string of the molecule is O=C(NCCc1cccs1)C1=Cc2ccccc2OC1. The molecule has 0 atom stereocenters. The summed E-state index contributed by atoms with van der Waals surface area (Å²) in [7, 11) is 0. The van der Waals surface area contributed by atoms with E-state index in [0.717, 1.165) is 17.7 Å². The van der Waals surface area contributed by atoms with Crippen LogP contribution in [0.25, 0.3) is 6.08 Å². The number of hydrogen-bond acceptors (Lipinski definition) is 3. The van der Waals surface area contributed by atoms with Crippen LogP contribution in [0.2, 0.25) is 0 Å². The topological polar surface area (TPSA) is 38.3 Å². The van der Waals surface area contributed by atoms with E-state index in [1.54, 1.807) is 11.3 Å². The molecule has 1 N–H and O–H groups in total. The lowest BCUT2D eigenvalue weighted by Crippen LogP contribution is -2.30. The fourth-order valence-corrected chi connectivity index (χ4v) is 2.82. The molecule has 3 rings (SSSR count). The van der Waals surface area contributed by atoms with Gasteiger partial charge in [-0.2, -0.15) is 0 Å². The lowest BCUT2D eigenvalue weighted by molar-refractivity contribution is -0.117. The van der Waals surface area contributed by atoms with Crippen LogP contribution in [0.3, 0.4) is 0 Å². The van der Waals surface area contributed by atoms with Gasteiger partial charge in [-0.3, -0.25) is 4.79 Å². The highest BCUT2D eigenvalue weighted by Gasteiger charge is 2.16. The third kappa shape index (κ3) is 2.91. The Morgan fingerprint density at radius 3 is 3.00 bits per heavy atom. The summed E-state index contributed by atoms with van der Waals surface area (Å²) in [4.78, 5) is 13.4. The predicted octanol–water partition coefficient (Wildman–Crippen LogP) is 2.88. The third-order valence-electron chi connectivity index (χ3n) is 3.16. The molecule has 0 fully saturated rings. The molecule has 0 radical (unpaired) electrons. The van der Waals surface area contributed by atoms with Crippen molar-refractivity contribution in [3.8, 4) is 5.75 Å². The van der Waals surface area contributed by atoms with Crippen molar-refractivity contribution in [1.82, 2.24) is 5.32 Å². The molecule has 0 aliphatic carbocycles. The number of nitrogens with one attached hydrogen (secondary N) is 1. The first kappa shape index (κ1) is 12.9. The van der Waals surface area contributed by atoms with Crippen LogP contribution in [-0.4, -0.2) is 19.1 Å². The highest BCUT2D eigenvalue weighted by atomic mass is 32.1. The molecule has 102 valence electrons. The quantitative estimate of drug-likeness (QED) is 0.938. The van der Waals surface area contributed by atoms with Crippen LogP contribution in [0, 0.1) is 0 Å². The highest BCUT2D eigenvalue weighted by molar-refractivity contribution is 7.09. The van der Waals surface area contributed by atoms with Crippen LogP contribution >= 0.6 is 11.3 Å². The van der Waals surface area contributed by atoms with Gasteiger partial charge in [-0.25, -0.2) is 0 Å². The van der Waals surface area contributed by atoms with Crippen LogP contribution in [0.1, 0.15) is 10.4 Å².